The van der Waals surface area contributed by atoms with Crippen LogP contribution in [-0.2, 0) is 19.0 Å². The summed E-state index contributed by atoms with van der Waals surface area (Å²) in [5, 5.41) is 0. The molecule has 39 heavy (non-hydrogen) atoms. The first kappa shape index (κ1) is 30.2. The van der Waals surface area contributed by atoms with Crippen molar-refractivity contribution in [2.45, 2.75) is 118 Å². The lowest BCUT2D eigenvalue weighted by Crippen LogP contribution is -2.51. The SMILES string of the molecule is C=C(C)C(=O)OCCOC(=O)OC1CCC2=CC[C@H]3[C@@H]4CC[C@H]([C@H](C)CCCC(C)C)[C@@]4(C)CC[C@@H]3[C@@]2(C)C1. The summed E-state index contributed by atoms with van der Waals surface area (Å²) in [5.41, 5.74) is 2.51. The molecule has 5 heteroatoms. The van der Waals surface area contributed by atoms with Crippen molar-refractivity contribution in [2.24, 2.45) is 46.3 Å². The Labute approximate surface area is 237 Å². The van der Waals surface area contributed by atoms with Crippen molar-refractivity contribution >= 4 is 12.1 Å². The molecule has 3 fully saturated rings. The smallest absolute Gasteiger partial charge is 0.459 e. The zero-order valence-electron chi connectivity index (χ0n) is 25.6. The van der Waals surface area contributed by atoms with Crippen molar-refractivity contribution in [1.82, 2.24) is 0 Å². The Morgan fingerprint density at radius 3 is 2.49 bits per heavy atom. The van der Waals surface area contributed by atoms with Crippen LogP contribution in [0, 0.1) is 46.3 Å². The molecule has 0 bridgehead atoms. The summed E-state index contributed by atoms with van der Waals surface area (Å²) in [6.07, 6.45) is 15.3. The monoisotopic (exact) mass is 542 g/mol. The van der Waals surface area contributed by atoms with E-state index < -0.39 is 12.1 Å². The zero-order chi connectivity index (χ0) is 28.4. The van der Waals surface area contributed by atoms with E-state index in [4.69, 9.17) is 14.2 Å². The van der Waals surface area contributed by atoms with Crippen LogP contribution in [0.25, 0.3) is 0 Å². The van der Waals surface area contributed by atoms with E-state index in [1.807, 2.05) is 0 Å². The molecule has 8 atom stereocenters. The minimum absolute atomic E-state index is 0.00495. The summed E-state index contributed by atoms with van der Waals surface area (Å²) in [4.78, 5) is 23.9. The topological polar surface area (TPSA) is 61.8 Å². The molecule has 1 unspecified atom stereocenters. The fourth-order valence-corrected chi connectivity index (χ4v) is 9.40. The number of fused-ring (bicyclic) bond motifs is 5. The third-order valence-electron chi connectivity index (χ3n) is 11.4. The van der Waals surface area contributed by atoms with Crippen molar-refractivity contribution in [3.8, 4) is 0 Å². The molecule has 0 amide bonds. The van der Waals surface area contributed by atoms with Gasteiger partial charge in [0.1, 0.15) is 19.3 Å². The molecule has 220 valence electrons. The van der Waals surface area contributed by atoms with Crippen molar-refractivity contribution in [3.05, 3.63) is 23.8 Å². The predicted octanol–water partition coefficient (Wildman–Crippen LogP) is 8.67. The molecule has 0 spiro atoms. The molecule has 0 aromatic heterocycles. The molecule has 4 rings (SSSR count). The number of rotatable bonds is 10. The molecule has 0 aromatic rings. The van der Waals surface area contributed by atoms with Crippen LogP contribution >= 0.6 is 0 Å². The van der Waals surface area contributed by atoms with Gasteiger partial charge in [0.15, 0.2) is 0 Å². The lowest BCUT2D eigenvalue weighted by Gasteiger charge is -2.58. The van der Waals surface area contributed by atoms with Gasteiger partial charge in [-0.1, -0.05) is 72.1 Å². The summed E-state index contributed by atoms with van der Waals surface area (Å²) in [5.74, 6) is 4.25. The fraction of sp³-hybridized carbons (Fsp3) is 0.824. The van der Waals surface area contributed by atoms with E-state index in [0.717, 1.165) is 48.9 Å². The first-order valence-electron chi connectivity index (χ1n) is 15.8. The molecule has 0 saturated heterocycles. The Bertz CT molecular complexity index is 936. The summed E-state index contributed by atoms with van der Waals surface area (Å²) in [6, 6.07) is 0. The highest BCUT2D eigenvalue weighted by molar-refractivity contribution is 5.86. The average molecular weight is 543 g/mol. The second-order valence-electron chi connectivity index (χ2n) is 14.3. The zero-order valence-corrected chi connectivity index (χ0v) is 25.6. The van der Waals surface area contributed by atoms with E-state index in [1.165, 1.54) is 51.4 Å². The third-order valence-corrected chi connectivity index (χ3v) is 11.4. The van der Waals surface area contributed by atoms with Crippen molar-refractivity contribution in [3.63, 3.8) is 0 Å². The number of carbonyl (C=O) groups excluding carboxylic acids is 2. The van der Waals surface area contributed by atoms with Gasteiger partial charge in [-0.2, -0.15) is 0 Å². The normalized spacial score (nSPS) is 36.2. The van der Waals surface area contributed by atoms with Crippen molar-refractivity contribution in [1.29, 1.82) is 0 Å². The first-order valence-corrected chi connectivity index (χ1v) is 15.8. The highest BCUT2D eigenvalue weighted by Crippen LogP contribution is 2.67. The lowest BCUT2D eigenvalue weighted by atomic mass is 9.47. The van der Waals surface area contributed by atoms with Crippen LogP contribution in [0.5, 0.6) is 0 Å². The Morgan fingerprint density at radius 1 is 1.03 bits per heavy atom. The number of hydrogen-bond acceptors (Lipinski definition) is 5. The molecule has 0 radical (unpaired) electrons. The largest absolute Gasteiger partial charge is 0.508 e. The maximum Gasteiger partial charge on any atom is 0.508 e. The number of esters is 1. The molecular formula is C34H54O5. The van der Waals surface area contributed by atoms with E-state index in [0.29, 0.717) is 16.9 Å². The van der Waals surface area contributed by atoms with E-state index in [9.17, 15) is 9.59 Å². The summed E-state index contributed by atoms with van der Waals surface area (Å²) >= 11 is 0. The van der Waals surface area contributed by atoms with Crippen molar-refractivity contribution in [2.75, 3.05) is 13.2 Å². The molecular weight excluding hydrogens is 488 g/mol. The van der Waals surface area contributed by atoms with Gasteiger partial charge in [0.05, 0.1) is 0 Å². The summed E-state index contributed by atoms with van der Waals surface area (Å²) in [6.45, 7) is 17.5. The lowest BCUT2D eigenvalue weighted by molar-refractivity contribution is -0.140. The minimum Gasteiger partial charge on any atom is -0.459 e. The molecule has 0 aliphatic heterocycles. The second-order valence-corrected chi connectivity index (χ2v) is 14.3. The van der Waals surface area contributed by atoms with Gasteiger partial charge in [0.25, 0.3) is 0 Å². The van der Waals surface area contributed by atoms with Gasteiger partial charge in [-0.25, -0.2) is 9.59 Å². The van der Waals surface area contributed by atoms with Gasteiger partial charge in [-0.05, 0) is 105 Å². The Morgan fingerprint density at radius 2 is 1.77 bits per heavy atom. The van der Waals surface area contributed by atoms with Gasteiger partial charge < -0.3 is 14.2 Å². The first-order chi connectivity index (χ1) is 18.5. The number of allylic oxidation sites excluding steroid dienone is 2. The van der Waals surface area contributed by atoms with Crippen LogP contribution in [0.15, 0.2) is 23.8 Å². The molecule has 5 nitrogen and oxygen atoms in total. The predicted molar refractivity (Wildman–Crippen MR) is 155 cm³/mol. The van der Waals surface area contributed by atoms with Gasteiger partial charge in [0, 0.05) is 5.57 Å². The van der Waals surface area contributed by atoms with Crippen LogP contribution in [0.3, 0.4) is 0 Å². The molecule has 0 heterocycles. The summed E-state index contributed by atoms with van der Waals surface area (Å²) < 4.78 is 16.0. The van der Waals surface area contributed by atoms with Crippen LogP contribution in [0.4, 0.5) is 4.79 Å². The minimum atomic E-state index is -0.656. The number of hydrogen-bond donors (Lipinski definition) is 0. The number of carbonyl (C=O) groups is 2. The molecule has 0 N–H and O–H groups in total. The highest BCUT2D eigenvalue weighted by Gasteiger charge is 2.59. The second kappa shape index (κ2) is 12.4. The maximum atomic E-state index is 12.4. The Kier molecular flexibility index (Phi) is 9.59. The van der Waals surface area contributed by atoms with Crippen LogP contribution in [-0.4, -0.2) is 31.4 Å². The van der Waals surface area contributed by atoms with Gasteiger partial charge in [-0.15, -0.1) is 0 Å². The molecule has 4 aliphatic rings. The van der Waals surface area contributed by atoms with E-state index in [1.54, 1.807) is 12.5 Å². The molecule has 3 saturated carbocycles. The Balaban J connectivity index is 1.34. The van der Waals surface area contributed by atoms with Gasteiger partial charge in [-0.3, -0.25) is 0 Å². The van der Waals surface area contributed by atoms with Crippen LogP contribution in [0.1, 0.15) is 112 Å². The standard InChI is InChI=1S/C34H54O5/c1-22(2)9-8-10-24(5)28-15-16-29-27-14-12-25-11-13-26(21-34(25,7)30(27)17-18-33(28,29)6)39-32(36)38-20-19-37-31(35)23(3)4/h12,22,24,26-30H,3,8-11,13-21H2,1-2,4-7H3/t24-,26?,27+,28-,29+,30+,33-,34+/m1/s1. The third kappa shape index (κ3) is 6.43. The average Bonchev–Trinajstić information content (AvgIpc) is 3.23. The van der Waals surface area contributed by atoms with Gasteiger partial charge >= 0.3 is 12.1 Å². The van der Waals surface area contributed by atoms with E-state index in [-0.39, 0.29) is 24.7 Å². The van der Waals surface area contributed by atoms with E-state index in [2.05, 4.69) is 47.3 Å². The fourth-order valence-electron chi connectivity index (χ4n) is 9.40. The maximum absolute atomic E-state index is 12.4. The quantitative estimate of drug-likeness (QED) is 0.120. The van der Waals surface area contributed by atoms with Crippen LogP contribution < -0.4 is 0 Å². The number of ether oxygens (including phenoxy) is 3. The summed E-state index contributed by atoms with van der Waals surface area (Å²) in [7, 11) is 0. The van der Waals surface area contributed by atoms with E-state index >= 15 is 0 Å². The van der Waals surface area contributed by atoms with Gasteiger partial charge in [0.2, 0.25) is 0 Å². The van der Waals surface area contributed by atoms with Crippen molar-refractivity contribution < 1.29 is 23.8 Å². The molecule has 0 aromatic carbocycles. The Hall–Kier alpha value is -1.78. The highest BCUT2D eigenvalue weighted by atomic mass is 16.7. The van der Waals surface area contributed by atoms with Crippen LogP contribution in [0.2, 0.25) is 0 Å². The molecule has 4 aliphatic carbocycles.